The molecule has 1 aliphatic heterocycles. The van der Waals surface area contributed by atoms with Gasteiger partial charge in [-0.3, -0.25) is 4.79 Å². The van der Waals surface area contributed by atoms with Gasteiger partial charge in [0, 0.05) is 0 Å². The molecular formula is C19H38N2O8S. The Morgan fingerprint density at radius 3 is 1.73 bits per heavy atom. The van der Waals surface area contributed by atoms with Gasteiger partial charge >= 0.3 is 22.5 Å². The lowest BCUT2D eigenvalue weighted by molar-refractivity contribution is -0.118. The van der Waals surface area contributed by atoms with E-state index in [0.717, 1.165) is 0 Å². The number of nitrogens with one attached hydrogen (secondary N) is 1. The average Bonchev–Trinajstić information content (AvgIpc) is 2.63. The zero-order valence-corrected chi connectivity index (χ0v) is 19.7. The molecule has 0 unspecified atom stereocenters. The van der Waals surface area contributed by atoms with E-state index in [1.807, 2.05) is 0 Å². The highest BCUT2D eigenvalue weighted by molar-refractivity contribution is 7.85. The zero-order valence-electron chi connectivity index (χ0n) is 18.9. The molecule has 0 bridgehead atoms. The second kappa shape index (κ2) is 10.9. The Morgan fingerprint density at radius 1 is 1.00 bits per heavy atom. The first kappa shape index (κ1) is 30.3. The lowest BCUT2D eigenvalue weighted by atomic mass is 10.2. The molecule has 1 saturated heterocycles. The molecule has 3 atom stereocenters. The minimum Gasteiger partial charge on any atom is -0.444 e. The van der Waals surface area contributed by atoms with Crippen molar-refractivity contribution >= 4 is 28.3 Å². The van der Waals surface area contributed by atoms with E-state index < -0.39 is 51.9 Å². The van der Waals surface area contributed by atoms with Crippen LogP contribution in [-0.4, -0.2) is 60.1 Å². The standard InChI is InChI=1S/C9H17NO5S.C9H17NO3.CH4/c1-6-7(2)15-16(12,13)10(6)8(11)14-9(3,4)5;1-6(7(2)11)10-8(12)13-9(3,4)5;/h6-7H,1-5H3;6H,1-5H3,(H,10,12);1H4/t6-,7+;6-;/m00./s1. The number of carbonyl (C=O) groups excluding carboxylic acids is 3. The first-order valence-corrected chi connectivity index (χ1v) is 10.6. The van der Waals surface area contributed by atoms with Crippen LogP contribution in [0.3, 0.4) is 0 Å². The van der Waals surface area contributed by atoms with Gasteiger partial charge in [-0.05, 0) is 69.2 Å². The van der Waals surface area contributed by atoms with Gasteiger partial charge in [0.25, 0.3) is 0 Å². The highest BCUT2D eigenvalue weighted by atomic mass is 32.2. The lowest BCUT2D eigenvalue weighted by Crippen LogP contribution is -2.42. The number of Topliss-reactive ketones (excluding diaryl/α,β-unsaturated/α-hetero) is 1. The van der Waals surface area contributed by atoms with Crippen molar-refractivity contribution in [3.8, 4) is 0 Å². The molecule has 0 spiro atoms. The van der Waals surface area contributed by atoms with Gasteiger partial charge in [0.05, 0.1) is 18.2 Å². The van der Waals surface area contributed by atoms with Crippen LogP contribution in [0.1, 0.15) is 76.7 Å². The topological polar surface area (TPSA) is 128 Å². The van der Waals surface area contributed by atoms with E-state index in [1.54, 1.807) is 62.3 Å². The average molecular weight is 455 g/mol. The van der Waals surface area contributed by atoms with Gasteiger partial charge in [0.15, 0.2) is 5.78 Å². The van der Waals surface area contributed by atoms with Gasteiger partial charge < -0.3 is 14.8 Å². The Bertz CT molecular complexity index is 707. The summed E-state index contributed by atoms with van der Waals surface area (Å²) < 4.78 is 38.3. The van der Waals surface area contributed by atoms with Crippen LogP contribution >= 0.6 is 0 Å². The third kappa shape index (κ3) is 10.8. The van der Waals surface area contributed by atoms with E-state index in [4.69, 9.17) is 13.7 Å². The molecule has 0 aromatic rings. The smallest absolute Gasteiger partial charge is 0.426 e. The normalized spacial score (nSPS) is 21.3. The second-order valence-electron chi connectivity index (χ2n) is 8.75. The van der Waals surface area contributed by atoms with Gasteiger partial charge in [-0.25, -0.2) is 13.8 Å². The number of hydrogen-bond acceptors (Lipinski definition) is 8. The molecule has 0 aromatic carbocycles. The van der Waals surface area contributed by atoms with Crippen LogP contribution < -0.4 is 5.32 Å². The van der Waals surface area contributed by atoms with Gasteiger partial charge in [0.2, 0.25) is 0 Å². The first-order valence-electron chi connectivity index (χ1n) is 9.22. The summed E-state index contributed by atoms with van der Waals surface area (Å²) in [4.78, 5) is 33.5. The van der Waals surface area contributed by atoms with Crippen molar-refractivity contribution in [3.05, 3.63) is 0 Å². The third-order valence-corrected chi connectivity index (χ3v) is 4.99. The Morgan fingerprint density at radius 2 is 1.43 bits per heavy atom. The summed E-state index contributed by atoms with van der Waals surface area (Å²) in [5.41, 5.74) is -1.27. The summed E-state index contributed by atoms with van der Waals surface area (Å²) >= 11 is 0. The van der Waals surface area contributed by atoms with Crippen molar-refractivity contribution in [2.45, 2.75) is 106 Å². The number of amides is 2. The molecule has 1 rings (SSSR count). The van der Waals surface area contributed by atoms with Gasteiger partial charge in [-0.2, -0.15) is 12.7 Å². The SMILES string of the molecule is C.CC(=O)[C@H](C)NC(=O)OC(C)(C)C.C[C@H]1OS(=O)(=O)N(C(=O)OC(C)(C)C)[C@H]1C. The molecule has 1 fully saturated rings. The van der Waals surface area contributed by atoms with Crippen LogP contribution in [0.25, 0.3) is 0 Å². The number of rotatable bonds is 2. The number of carbonyl (C=O) groups is 3. The molecule has 30 heavy (non-hydrogen) atoms. The molecular weight excluding hydrogens is 416 g/mol. The maximum Gasteiger partial charge on any atom is 0.426 e. The van der Waals surface area contributed by atoms with Crippen LogP contribution in [0.4, 0.5) is 9.59 Å². The molecule has 0 aromatic heterocycles. The van der Waals surface area contributed by atoms with Gasteiger partial charge in [-0.15, -0.1) is 0 Å². The Labute approximate surface area is 180 Å². The van der Waals surface area contributed by atoms with Crippen LogP contribution in [0.15, 0.2) is 0 Å². The maximum atomic E-state index is 11.7. The summed E-state index contributed by atoms with van der Waals surface area (Å²) in [6.07, 6.45) is -2.02. The molecule has 0 radical (unpaired) electrons. The van der Waals surface area contributed by atoms with E-state index in [-0.39, 0.29) is 13.2 Å². The number of ether oxygens (including phenoxy) is 2. The molecule has 2 amide bonds. The minimum atomic E-state index is -4.00. The van der Waals surface area contributed by atoms with Gasteiger partial charge in [-0.1, -0.05) is 7.43 Å². The number of nitrogens with zero attached hydrogens (tertiary/aromatic N) is 1. The predicted molar refractivity (Wildman–Crippen MR) is 113 cm³/mol. The van der Waals surface area contributed by atoms with Crippen LogP contribution in [0.5, 0.6) is 0 Å². The molecule has 178 valence electrons. The first-order chi connectivity index (χ1) is 12.8. The highest BCUT2D eigenvalue weighted by Gasteiger charge is 2.46. The van der Waals surface area contributed by atoms with Crippen LogP contribution in [0, 0.1) is 0 Å². The number of hydrogen-bond donors (Lipinski definition) is 1. The number of ketones is 1. The summed E-state index contributed by atoms with van der Waals surface area (Å²) in [7, 11) is -4.00. The van der Waals surface area contributed by atoms with Crippen molar-refractivity contribution < 1.29 is 36.5 Å². The molecule has 10 nitrogen and oxygen atoms in total. The molecule has 0 saturated carbocycles. The molecule has 0 aliphatic carbocycles. The van der Waals surface area contributed by atoms with E-state index in [9.17, 15) is 22.8 Å². The van der Waals surface area contributed by atoms with Crippen LogP contribution in [-0.2, 0) is 28.8 Å². The molecule has 11 heteroatoms. The van der Waals surface area contributed by atoms with Crippen molar-refractivity contribution in [1.82, 2.24) is 9.62 Å². The number of alkyl carbamates (subject to hydrolysis) is 1. The Balaban J connectivity index is 0. The lowest BCUT2D eigenvalue weighted by Gasteiger charge is -2.24. The van der Waals surface area contributed by atoms with Crippen molar-refractivity contribution in [1.29, 1.82) is 0 Å². The molecule has 1 N–H and O–H groups in total. The van der Waals surface area contributed by atoms with Crippen LogP contribution in [0.2, 0.25) is 0 Å². The third-order valence-electron chi connectivity index (χ3n) is 3.48. The summed E-state index contributed by atoms with van der Waals surface area (Å²) in [6.45, 7) is 16.5. The quantitative estimate of drug-likeness (QED) is 0.672. The summed E-state index contributed by atoms with van der Waals surface area (Å²) in [5, 5.41) is 2.43. The monoisotopic (exact) mass is 454 g/mol. The minimum absolute atomic E-state index is 0. The van der Waals surface area contributed by atoms with E-state index >= 15 is 0 Å². The van der Waals surface area contributed by atoms with E-state index in [2.05, 4.69) is 5.32 Å². The van der Waals surface area contributed by atoms with Crippen molar-refractivity contribution in [3.63, 3.8) is 0 Å². The highest BCUT2D eigenvalue weighted by Crippen LogP contribution is 2.26. The fourth-order valence-corrected chi connectivity index (χ4v) is 3.30. The Hall–Kier alpha value is -1.88. The zero-order chi connectivity index (χ0) is 23.4. The Kier molecular flexibility index (Phi) is 11.1. The molecule has 1 aliphatic rings. The van der Waals surface area contributed by atoms with E-state index in [1.165, 1.54) is 6.92 Å². The fourth-order valence-electron chi connectivity index (χ4n) is 1.86. The van der Waals surface area contributed by atoms with E-state index in [0.29, 0.717) is 4.31 Å². The van der Waals surface area contributed by atoms with Crippen molar-refractivity contribution in [2.75, 3.05) is 0 Å². The largest absolute Gasteiger partial charge is 0.444 e. The fraction of sp³-hybridized carbons (Fsp3) is 0.842. The molecule has 1 heterocycles. The second-order valence-corrected chi connectivity index (χ2v) is 10.2. The summed E-state index contributed by atoms with van der Waals surface area (Å²) in [5.74, 6) is -0.0918. The van der Waals surface area contributed by atoms with Gasteiger partial charge in [0.1, 0.15) is 11.2 Å². The summed E-state index contributed by atoms with van der Waals surface area (Å²) in [6, 6.07) is -1.05. The van der Waals surface area contributed by atoms with Crippen molar-refractivity contribution in [2.24, 2.45) is 0 Å². The predicted octanol–water partition coefficient (Wildman–Crippen LogP) is 3.40. The maximum absolute atomic E-state index is 11.7.